The largest absolute Gasteiger partial charge is 0.647 e. The van der Waals surface area contributed by atoms with Gasteiger partial charge >= 0.3 is 7.82 Å². The van der Waals surface area contributed by atoms with Gasteiger partial charge in [0.15, 0.2) is 0 Å². The van der Waals surface area contributed by atoms with Crippen molar-refractivity contribution in [2.24, 2.45) is 0 Å². The Hall–Kier alpha value is -4.27. The van der Waals surface area contributed by atoms with Crippen LogP contribution >= 0.6 is 7.82 Å². The van der Waals surface area contributed by atoms with Crippen LogP contribution in [0.25, 0.3) is 0 Å². The number of benzene rings is 5. The molecule has 5 rings (SSSR count). The van der Waals surface area contributed by atoms with E-state index in [0.717, 1.165) is 23.1 Å². The summed E-state index contributed by atoms with van der Waals surface area (Å²) in [5.74, 6) is 1.25. The fourth-order valence-corrected chi connectivity index (χ4v) is 5.31. The van der Waals surface area contributed by atoms with Gasteiger partial charge in [0.25, 0.3) is 0 Å². The van der Waals surface area contributed by atoms with Gasteiger partial charge in [0, 0.05) is 6.42 Å². The van der Waals surface area contributed by atoms with Crippen LogP contribution in [0.4, 0.5) is 0 Å². The molecule has 0 aliphatic carbocycles. The minimum Gasteiger partial charge on any atom is -0.386 e. The van der Waals surface area contributed by atoms with Crippen molar-refractivity contribution in [2.45, 2.75) is 12.8 Å². The molecule has 0 saturated carbocycles. The first-order chi connectivity index (χ1) is 18.2. The highest BCUT2D eigenvalue weighted by atomic mass is 31.2. The van der Waals surface area contributed by atoms with E-state index in [1.165, 1.54) is 5.56 Å². The fraction of sp³-hybridized carbons (Fsp3) is 0.0625. The predicted molar refractivity (Wildman–Crippen MR) is 147 cm³/mol. The summed E-state index contributed by atoms with van der Waals surface area (Å²) in [5.41, 5.74) is 4.36. The van der Waals surface area contributed by atoms with Gasteiger partial charge < -0.3 is 13.6 Å². The van der Waals surface area contributed by atoms with Crippen molar-refractivity contribution >= 4 is 7.82 Å². The van der Waals surface area contributed by atoms with Crippen LogP contribution in [0, 0.1) is 0 Å². The van der Waals surface area contributed by atoms with Gasteiger partial charge in [0.05, 0.1) is 0 Å². The van der Waals surface area contributed by atoms with Gasteiger partial charge in [-0.05, 0) is 59.0 Å². The monoisotopic (exact) mass is 506 g/mol. The molecule has 0 aliphatic heterocycles. The summed E-state index contributed by atoms with van der Waals surface area (Å²) < 4.78 is 31.9. The topological polar surface area (TPSA) is 44.8 Å². The van der Waals surface area contributed by atoms with E-state index in [9.17, 15) is 4.57 Å². The number of para-hydroxylation sites is 2. The second-order valence-corrected chi connectivity index (χ2v) is 10.1. The van der Waals surface area contributed by atoms with E-state index in [4.69, 9.17) is 13.6 Å². The summed E-state index contributed by atoms with van der Waals surface area (Å²) in [6.07, 6.45) is 1.39. The quantitative estimate of drug-likeness (QED) is 0.178. The zero-order valence-electron chi connectivity index (χ0n) is 20.3. The minimum absolute atomic E-state index is 0.395. The minimum atomic E-state index is -4.10. The molecule has 0 radical (unpaired) electrons. The van der Waals surface area contributed by atoms with Crippen LogP contribution in [0.3, 0.4) is 0 Å². The number of phosphoric ester groups is 1. The number of hydrogen-bond acceptors (Lipinski definition) is 4. The van der Waals surface area contributed by atoms with Crippen molar-refractivity contribution in [1.82, 2.24) is 0 Å². The Balaban J connectivity index is 1.49. The third-order valence-electron chi connectivity index (χ3n) is 5.74. The lowest BCUT2D eigenvalue weighted by molar-refractivity contribution is 0.297. The standard InChI is InChI=1S/C32H27O4P/c33-37(34-30-17-9-3-10-18-30,35-31-19-11-4-12-20-31)36-32-22-21-28(23-26-13-5-1-6-14-26)25-29(32)24-27-15-7-2-8-16-27/h1-22,25H,23-24H2. The third-order valence-corrected chi connectivity index (χ3v) is 7.03. The molecule has 0 spiro atoms. The van der Waals surface area contributed by atoms with E-state index in [-0.39, 0.29) is 0 Å². The van der Waals surface area contributed by atoms with E-state index >= 15 is 0 Å². The highest BCUT2D eigenvalue weighted by Gasteiger charge is 2.34. The molecule has 0 unspecified atom stereocenters. The lowest BCUT2D eigenvalue weighted by atomic mass is 9.98. The van der Waals surface area contributed by atoms with Gasteiger partial charge in [-0.1, -0.05) is 109 Å². The molecule has 0 N–H and O–H groups in total. The van der Waals surface area contributed by atoms with Gasteiger partial charge in [-0.25, -0.2) is 0 Å². The smallest absolute Gasteiger partial charge is 0.386 e. The Bertz CT molecular complexity index is 1410. The van der Waals surface area contributed by atoms with Crippen LogP contribution in [0.2, 0.25) is 0 Å². The molecule has 5 aromatic carbocycles. The molecule has 4 nitrogen and oxygen atoms in total. The molecular formula is C32H27O4P. The summed E-state index contributed by atoms with van der Waals surface area (Å²) in [7, 11) is -4.10. The van der Waals surface area contributed by atoms with E-state index in [0.29, 0.717) is 23.7 Å². The summed E-state index contributed by atoms with van der Waals surface area (Å²) >= 11 is 0. The maximum Gasteiger partial charge on any atom is 0.647 e. The van der Waals surface area contributed by atoms with Crippen LogP contribution in [0.1, 0.15) is 22.3 Å². The third kappa shape index (κ3) is 6.91. The summed E-state index contributed by atoms with van der Waals surface area (Å²) in [5, 5.41) is 0. The fourth-order valence-electron chi connectivity index (χ4n) is 4.01. The van der Waals surface area contributed by atoms with Crippen molar-refractivity contribution in [3.8, 4) is 17.2 Å². The van der Waals surface area contributed by atoms with Crippen molar-refractivity contribution in [3.63, 3.8) is 0 Å². The second kappa shape index (κ2) is 11.6. The molecule has 0 aliphatic rings. The summed E-state index contributed by atoms with van der Waals surface area (Å²) in [6, 6.07) is 44.2. The van der Waals surface area contributed by atoms with Gasteiger partial charge in [0.2, 0.25) is 0 Å². The highest BCUT2D eigenvalue weighted by Crippen LogP contribution is 2.50. The van der Waals surface area contributed by atoms with Crippen LogP contribution in [0.15, 0.2) is 140 Å². The molecule has 0 fully saturated rings. The molecule has 5 aromatic rings. The van der Waals surface area contributed by atoms with Gasteiger partial charge in [-0.2, -0.15) is 4.57 Å². The van der Waals surface area contributed by atoms with Crippen LogP contribution in [-0.2, 0) is 17.4 Å². The molecule has 37 heavy (non-hydrogen) atoms. The molecular weight excluding hydrogens is 479 g/mol. The highest BCUT2D eigenvalue weighted by molar-refractivity contribution is 7.49. The molecule has 0 heterocycles. The average molecular weight is 507 g/mol. The first-order valence-corrected chi connectivity index (χ1v) is 13.6. The van der Waals surface area contributed by atoms with Crippen molar-refractivity contribution in [2.75, 3.05) is 0 Å². The maximum absolute atomic E-state index is 14.0. The Kier molecular flexibility index (Phi) is 7.69. The Morgan fingerprint density at radius 1 is 0.459 bits per heavy atom. The lowest BCUT2D eigenvalue weighted by Crippen LogP contribution is -2.09. The predicted octanol–water partition coefficient (Wildman–Crippen LogP) is 8.51. The number of phosphoric acid groups is 1. The number of hydrogen-bond donors (Lipinski definition) is 0. The Labute approximate surface area is 217 Å². The van der Waals surface area contributed by atoms with E-state index in [2.05, 4.69) is 30.3 Å². The summed E-state index contributed by atoms with van der Waals surface area (Å²) in [6.45, 7) is 0. The lowest BCUT2D eigenvalue weighted by Gasteiger charge is -2.21. The Morgan fingerprint density at radius 2 is 0.919 bits per heavy atom. The second-order valence-electron chi connectivity index (χ2n) is 8.61. The number of rotatable bonds is 10. The molecule has 0 bridgehead atoms. The normalized spacial score (nSPS) is 11.0. The molecule has 0 aromatic heterocycles. The zero-order chi connectivity index (χ0) is 25.3. The average Bonchev–Trinajstić information content (AvgIpc) is 2.92. The molecule has 0 saturated heterocycles. The van der Waals surface area contributed by atoms with Crippen LogP contribution < -0.4 is 13.6 Å². The van der Waals surface area contributed by atoms with Crippen molar-refractivity contribution < 1.29 is 18.1 Å². The van der Waals surface area contributed by atoms with Crippen molar-refractivity contribution in [3.05, 3.63) is 162 Å². The summed E-state index contributed by atoms with van der Waals surface area (Å²) in [4.78, 5) is 0. The van der Waals surface area contributed by atoms with E-state index in [1.807, 2.05) is 60.7 Å². The SMILES string of the molecule is O=P(Oc1ccccc1)(Oc1ccccc1)Oc1ccc(Cc2ccccc2)cc1Cc1ccccc1. The Morgan fingerprint density at radius 3 is 1.43 bits per heavy atom. The molecule has 184 valence electrons. The molecule has 5 heteroatoms. The zero-order valence-corrected chi connectivity index (χ0v) is 21.2. The van der Waals surface area contributed by atoms with Crippen molar-refractivity contribution in [1.29, 1.82) is 0 Å². The first kappa shape index (κ1) is 24.4. The van der Waals surface area contributed by atoms with E-state index in [1.54, 1.807) is 48.5 Å². The maximum atomic E-state index is 14.0. The first-order valence-electron chi connectivity index (χ1n) is 12.1. The molecule has 0 amide bonds. The van der Waals surface area contributed by atoms with E-state index < -0.39 is 7.82 Å². The van der Waals surface area contributed by atoms with Gasteiger partial charge in [0.1, 0.15) is 17.2 Å². The van der Waals surface area contributed by atoms with Crippen LogP contribution in [0.5, 0.6) is 17.2 Å². The van der Waals surface area contributed by atoms with Gasteiger partial charge in [-0.15, -0.1) is 0 Å². The van der Waals surface area contributed by atoms with Crippen LogP contribution in [-0.4, -0.2) is 0 Å². The van der Waals surface area contributed by atoms with Gasteiger partial charge in [-0.3, -0.25) is 0 Å². The molecule has 0 atom stereocenters.